The van der Waals surface area contributed by atoms with E-state index in [2.05, 4.69) is 5.43 Å². The van der Waals surface area contributed by atoms with Gasteiger partial charge in [0, 0.05) is 12.8 Å². The monoisotopic (exact) mass is 334 g/mol. The zero-order valence-corrected chi connectivity index (χ0v) is 14.5. The first-order chi connectivity index (χ1) is 11.5. The van der Waals surface area contributed by atoms with Gasteiger partial charge in [-0.2, -0.15) is 0 Å². The molecule has 1 aliphatic rings. The number of rotatable bonds is 6. The summed E-state index contributed by atoms with van der Waals surface area (Å²) >= 11 is 0. The van der Waals surface area contributed by atoms with Crippen molar-refractivity contribution in [3.05, 3.63) is 30.3 Å². The molecule has 1 saturated heterocycles. The summed E-state index contributed by atoms with van der Waals surface area (Å²) in [7, 11) is 0. The first-order valence-corrected chi connectivity index (χ1v) is 8.75. The molecule has 0 spiro atoms. The average Bonchev–Trinajstić information content (AvgIpc) is 3.12. The third kappa shape index (κ3) is 4.33. The van der Waals surface area contributed by atoms with Gasteiger partial charge in [-0.3, -0.25) is 15.0 Å². The number of anilines is 1. The van der Waals surface area contributed by atoms with Crippen LogP contribution in [0, 0.1) is 0 Å². The molecule has 6 nitrogen and oxygen atoms in total. The van der Waals surface area contributed by atoms with Gasteiger partial charge in [0.05, 0.1) is 18.8 Å². The van der Waals surface area contributed by atoms with Crippen LogP contribution in [0.25, 0.3) is 0 Å². The number of carbonyl (C=O) groups excluding carboxylic acids is 2. The number of hydrogen-bond acceptors (Lipinski definition) is 3. The Morgan fingerprint density at radius 2 is 1.75 bits per heavy atom. The fraction of sp³-hybridized carbons (Fsp3) is 0.556. The number of para-hydroxylation sites is 1. The van der Waals surface area contributed by atoms with E-state index < -0.39 is 11.5 Å². The number of nitrogens with one attached hydrogen (secondary N) is 2. The van der Waals surface area contributed by atoms with Crippen LogP contribution in [0.3, 0.4) is 0 Å². The van der Waals surface area contributed by atoms with E-state index in [-0.39, 0.29) is 5.91 Å². The maximum atomic E-state index is 12.7. The second-order valence-electron chi connectivity index (χ2n) is 6.38. The highest BCUT2D eigenvalue weighted by Gasteiger charge is 2.35. The predicted molar refractivity (Wildman–Crippen MR) is 92.4 cm³/mol. The van der Waals surface area contributed by atoms with E-state index in [9.17, 15) is 14.7 Å². The van der Waals surface area contributed by atoms with Crippen LogP contribution in [0.4, 0.5) is 5.69 Å². The molecule has 1 aliphatic heterocycles. The summed E-state index contributed by atoms with van der Waals surface area (Å²) in [4.78, 5) is 26.5. The number of hydrazine groups is 1. The summed E-state index contributed by atoms with van der Waals surface area (Å²) in [6.07, 6.45) is 2.85. The molecule has 0 saturated carbocycles. The lowest BCUT2D eigenvalue weighted by Crippen LogP contribution is -3.11. The molecule has 3 N–H and O–H groups in total. The Hall–Kier alpha value is -1.92. The lowest BCUT2D eigenvalue weighted by molar-refractivity contribution is -0.878. The number of amides is 2. The summed E-state index contributed by atoms with van der Waals surface area (Å²) in [5.74, 6) is -0.706. The van der Waals surface area contributed by atoms with E-state index in [0.717, 1.165) is 25.9 Å². The highest BCUT2D eigenvalue weighted by atomic mass is 16.3. The third-order valence-electron chi connectivity index (χ3n) is 4.78. The number of benzene rings is 1. The van der Waals surface area contributed by atoms with Gasteiger partial charge < -0.3 is 10.0 Å². The summed E-state index contributed by atoms with van der Waals surface area (Å²) in [6, 6.07) is 9.03. The van der Waals surface area contributed by atoms with Crippen LogP contribution < -0.4 is 15.3 Å². The van der Waals surface area contributed by atoms with Crippen LogP contribution in [-0.2, 0) is 9.59 Å². The Bertz CT molecular complexity index is 552. The summed E-state index contributed by atoms with van der Waals surface area (Å²) in [6.45, 7) is 5.82. The smallest absolute Gasteiger partial charge is 0.300 e. The molecule has 132 valence electrons. The van der Waals surface area contributed by atoms with E-state index in [1.165, 1.54) is 9.91 Å². The maximum Gasteiger partial charge on any atom is 0.300 e. The van der Waals surface area contributed by atoms with Crippen LogP contribution in [0.5, 0.6) is 0 Å². The quantitative estimate of drug-likeness (QED) is 0.654. The number of quaternary nitrogens is 1. The molecule has 2 amide bonds. The lowest BCUT2D eigenvalue weighted by atomic mass is 9.97. The van der Waals surface area contributed by atoms with Crippen molar-refractivity contribution in [1.29, 1.82) is 0 Å². The molecule has 1 heterocycles. The Morgan fingerprint density at radius 1 is 1.17 bits per heavy atom. The summed E-state index contributed by atoms with van der Waals surface area (Å²) in [5, 5.41) is 11.7. The van der Waals surface area contributed by atoms with Crippen molar-refractivity contribution >= 4 is 17.5 Å². The molecule has 1 aromatic rings. The molecule has 1 fully saturated rings. The van der Waals surface area contributed by atoms with Crippen molar-refractivity contribution in [3.63, 3.8) is 0 Å². The minimum Gasteiger partial charge on any atom is -0.380 e. The fourth-order valence-electron chi connectivity index (χ4n) is 2.97. The molecule has 1 aromatic carbocycles. The zero-order valence-electron chi connectivity index (χ0n) is 14.5. The zero-order chi connectivity index (χ0) is 17.6. The normalized spacial score (nSPS) is 15.3. The second kappa shape index (κ2) is 8.26. The van der Waals surface area contributed by atoms with Crippen molar-refractivity contribution < 1.29 is 19.6 Å². The lowest BCUT2D eigenvalue weighted by Gasteiger charge is -2.30. The van der Waals surface area contributed by atoms with Gasteiger partial charge in [-0.25, -0.2) is 5.01 Å². The first kappa shape index (κ1) is 18.4. The minimum atomic E-state index is -1.46. The number of hydrogen-bond donors (Lipinski definition) is 3. The molecule has 24 heavy (non-hydrogen) atoms. The van der Waals surface area contributed by atoms with Gasteiger partial charge in [-0.05, 0) is 25.0 Å². The Labute approximate surface area is 143 Å². The number of likely N-dealkylation sites (tertiary alicyclic amines) is 1. The molecule has 0 aromatic heterocycles. The van der Waals surface area contributed by atoms with E-state index in [4.69, 9.17) is 0 Å². The molecule has 0 bridgehead atoms. The Kier molecular flexibility index (Phi) is 6.34. The van der Waals surface area contributed by atoms with Crippen molar-refractivity contribution in [2.45, 2.75) is 45.1 Å². The largest absolute Gasteiger partial charge is 0.380 e. The summed E-state index contributed by atoms with van der Waals surface area (Å²) < 4.78 is 0. The van der Waals surface area contributed by atoms with Crippen LogP contribution in [-0.4, -0.2) is 42.2 Å². The number of carbonyl (C=O) groups is 2. The standard InChI is InChI=1S/C18H27N3O3/c1-3-18(24,4-2)17(23)19-21(15-10-6-5-7-11-15)16(22)14-20-12-8-9-13-20/h5-7,10-11,24H,3-4,8-9,12-14H2,1-2H3,(H,19,23)/p+1. The molecule has 0 radical (unpaired) electrons. The molecular weight excluding hydrogens is 306 g/mol. The van der Waals surface area contributed by atoms with Gasteiger partial charge in [-0.15, -0.1) is 0 Å². The Morgan fingerprint density at radius 3 is 2.29 bits per heavy atom. The first-order valence-electron chi connectivity index (χ1n) is 8.75. The van der Waals surface area contributed by atoms with Gasteiger partial charge in [0.1, 0.15) is 5.60 Å². The van der Waals surface area contributed by atoms with Crippen LogP contribution in [0.15, 0.2) is 30.3 Å². The molecular formula is C18H28N3O3+. The van der Waals surface area contributed by atoms with Crippen LogP contribution in [0.1, 0.15) is 39.5 Å². The van der Waals surface area contributed by atoms with Crippen molar-refractivity contribution in [1.82, 2.24) is 5.43 Å². The van der Waals surface area contributed by atoms with Gasteiger partial charge >= 0.3 is 5.91 Å². The molecule has 0 unspecified atom stereocenters. The maximum absolute atomic E-state index is 12.7. The molecule has 0 atom stereocenters. The van der Waals surface area contributed by atoms with Gasteiger partial charge in [0.15, 0.2) is 6.54 Å². The topological polar surface area (TPSA) is 74.1 Å². The predicted octanol–water partition coefficient (Wildman–Crippen LogP) is 0.281. The van der Waals surface area contributed by atoms with Gasteiger partial charge in [-0.1, -0.05) is 32.0 Å². The second-order valence-corrected chi connectivity index (χ2v) is 6.38. The number of nitrogens with zero attached hydrogens (tertiary/aromatic N) is 1. The Balaban J connectivity index is 2.16. The van der Waals surface area contributed by atoms with E-state index in [0.29, 0.717) is 25.1 Å². The highest BCUT2D eigenvalue weighted by Crippen LogP contribution is 2.17. The van der Waals surface area contributed by atoms with Crippen molar-refractivity contribution in [2.24, 2.45) is 0 Å². The fourth-order valence-corrected chi connectivity index (χ4v) is 2.97. The van der Waals surface area contributed by atoms with Crippen molar-refractivity contribution in [3.8, 4) is 0 Å². The summed E-state index contributed by atoms with van der Waals surface area (Å²) in [5.41, 5.74) is 1.77. The highest BCUT2D eigenvalue weighted by molar-refractivity contribution is 5.98. The van der Waals surface area contributed by atoms with E-state index in [1.54, 1.807) is 26.0 Å². The third-order valence-corrected chi connectivity index (χ3v) is 4.78. The van der Waals surface area contributed by atoms with E-state index >= 15 is 0 Å². The molecule has 6 heteroatoms. The van der Waals surface area contributed by atoms with Crippen LogP contribution in [0.2, 0.25) is 0 Å². The number of aliphatic hydroxyl groups is 1. The van der Waals surface area contributed by atoms with Gasteiger partial charge in [0.25, 0.3) is 5.91 Å². The minimum absolute atomic E-state index is 0.166. The SMILES string of the molecule is CCC(O)(CC)C(=O)NN(C(=O)C[NH+]1CCCC1)c1ccccc1. The molecule has 0 aliphatic carbocycles. The van der Waals surface area contributed by atoms with Gasteiger partial charge in [0.2, 0.25) is 0 Å². The van der Waals surface area contributed by atoms with Crippen LogP contribution >= 0.6 is 0 Å². The van der Waals surface area contributed by atoms with E-state index in [1.807, 2.05) is 18.2 Å². The molecule has 2 rings (SSSR count). The average molecular weight is 334 g/mol. The van der Waals surface area contributed by atoms with Crippen molar-refractivity contribution in [2.75, 3.05) is 24.6 Å².